The van der Waals surface area contributed by atoms with E-state index in [2.05, 4.69) is 22.7 Å². The summed E-state index contributed by atoms with van der Waals surface area (Å²) in [4.78, 5) is 24.1. The van der Waals surface area contributed by atoms with Crippen molar-refractivity contribution in [2.75, 3.05) is 11.8 Å². The molecule has 0 spiro atoms. The fourth-order valence-electron chi connectivity index (χ4n) is 3.96. The molecular formula is C24H21BN2O4. The quantitative estimate of drug-likeness (QED) is 0.515. The van der Waals surface area contributed by atoms with Crippen LogP contribution in [-0.4, -0.2) is 37.8 Å². The van der Waals surface area contributed by atoms with Crippen LogP contribution in [-0.2, 0) is 16.0 Å². The van der Waals surface area contributed by atoms with E-state index in [1.54, 1.807) is 24.3 Å². The van der Waals surface area contributed by atoms with E-state index in [1.807, 2.05) is 36.4 Å². The molecule has 0 bridgehead atoms. The van der Waals surface area contributed by atoms with Crippen LogP contribution in [0.15, 0.2) is 72.8 Å². The Bertz CT molecular complexity index is 1060. The lowest BCUT2D eigenvalue weighted by atomic mass is 9.98. The fourth-order valence-corrected chi connectivity index (χ4v) is 3.96. The third-order valence-electron chi connectivity index (χ3n) is 5.49. The largest absolute Gasteiger partial charge is 0.480 e. The number of alkyl carbamates (subject to hydrolysis) is 1. The van der Waals surface area contributed by atoms with Crippen molar-refractivity contribution in [2.24, 2.45) is 0 Å². The lowest BCUT2D eigenvalue weighted by molar-refractivity contribution is -0.139. The van der Waals surface area contributed by atoms with Gasteiger partial charge in [0.1, 0.15) is 12.6 Å². The average molecular weight is 412 g/mol. The molecule has 0 heterocycles. The van der Waals surface area contributed by atoms with Gasteiger partial charge in [-0.3, -0.25) is 0 Å². The van der Waals surface area contributed by atoms with Crippen LogP contribution in [0.5, 0.6) is 0 Å². The molecule has 0 unspecified atom stereocenters. The molecule has 1 atom stereocenters. The van der Waals surface area contributed by atoms with Gasteiger partial charge in [-0.25, -0.2) is 9.59 Å². The molecule has 7 heteroatoms. The first-order chi connectivity index (χ1) is 15.1. The lowest BCUT2D eigenvalue weighted by Gasteiger charge is -2.17. The zero-order valence-electron chi connectivity index (χ0n) is 16.7. The number of hydrogen-bond donors (Lipinski definition) is 3. The predicted octanol–water partition coefficient (Wildman–Crippen LogP) is 3.72. The second-order valence-electron chi connectivity index (χ2n) is 7.41. The summed E-state index contributed by atoms with van der Waals surface area (Å²) in [5.74, 6) is -1.22. The van der Waals surface area contributed by atoms with E-state index < -0.39 is 18.1 Å². The Morgan fingerprint density at radius 2 is 1.52 bits per heavy atom. The number of nitrogens with one attached hydrogen (secondary N) is 2. The molecule has 0 fully saturated rings. The van der Waals surface area contributed by atoms with Gasteiger partial charge in [-0.2, -0.15) is 0 Å². The number of hydrogen-bond acceptors (Lipinski definition) is 4. The molecule has 1 aliphatic carbocycles. The number of amides is 1. The van der Waals surface area contributed by atoms with Crippen LogP contribution in [0.1, 0.15) is 22.6 Å². The first-order valence-electron chi connectivity index (χ1n) is 9.96. The highest BCUT2D eigenvalue weighted by molar-refractivity contribution is 6.15. The van der Waals surface area contributed by atoms with Crippen molar-refractivity contribution in [1.29, 1.82) is 0 Å². The van der Waals surface area contributed by atoms with Gasteiger partial charge in [0, 0.05) is 18.0 Å². The second kappa shape index (κ2) is 8.96. The van der Waals surface area contributed by atoms with Crippen molar-refractivity contribution in [3.8, 4) is 11.1 Å². The van der Waals surface area contributed by atoms with Crippen molar-refractivity contribution in [2.45, 2.75) is 18.4 Å². The number of aliphatic carboxylic acids is 1. The molecule has 0 saturated carbocycles. The number of carboxylic acid groups (broad SMARTS) is 1. The van der Waals surface area contributed by atoms with Crippen LogP contribution in [0.3, 0.4) is 0 Å². The highest BCUT2D eigenvalue weighted by atomic mass is 16.5. The van der Waals surface area contributed by atoms with E-state index in [1.165, 1.54) is 0 Å². The molecule has 1 aliphatic rings. The van der Waals surface area contributed by atoms with Gasteiger partial charge in [-0.15, -0.1) is 0 Å². The van der Waals surface area contributed by atoms with Crippen molar-refractivity contribution < 1.29 is 19.4 Å². The van der Waals surface area contributed by atoms with Crippen molar-refractivity contribution in [3.63, 3.8) is 0 Å². The SMILES string of the molecule is [B]Nc1ccc(C[C@@H](NC(=O)OCC2c3ccccc3-c3ccccc32)C(=O)O)cc1. The van der Waals surface area contributed by atoms with E-state index in [0.717, 1.165) is 27.8 Å². The van der Waals surface area contributed by atoms with Gasteiger partial charge < -0.3 is 20.4 Å². The Kier molecular flexibility index (Phi) is 5.93. The van der Waals surface area contributed by atoms with Crippen molar-refractivity contribution >= 4 is 25.7 Å². The van der Waals surface area contributed by atoms with Crippen LogP contribution in [0.2, 0.25) is 0 Å². The number of rotatable bonds is 7. The maximum absolute atomic E-state index is 12.4. The molecule has 0 aliphatic heterocycles. The maximum Gasteiger partial charge on any atom is 0.407 e. The average Bonchev–Trinajstić information content (AvgIpc) is 3.11. The summed E-state index contributed by atoms with van der Waals surface area (Å²) >= 11 is 0. The summed E-state index contributed by atoms with van der Waals surface area (Å²) in [6.45, 7) is 0.128. The summed E-state index contributed by atoms with van der Waals surface area (Å²) in [5.41, 5.74) is 5.92. The number of carbonyl (C=O) groups is 2. The number of carboxylic acids is 1. The minimum absolute atomic E-state index is 0.0854. The van der Waals surface area contributed by atoms with Crippen LogP contribution < -0.4 is 10.5 Å². The number of carbonyl (C=O) groups excluding carboxylic acids is 1. The van der Waals surface area contributed by atoms with E-state index in [-0.39, 0.29) is 18.9 Å². The van der Waals surface area contributed by atoms with Crippen molar-refractivity contribution in [1.82, 2.24) is 5.32 Å². The third-order valence-corrected chi connectivity index (χ3v) is 5.49. The predicted molar refractivity (Wildman–Crippen MR) is 119 cm³/mol. The molecule has 1 amide bonds. The van der Waals surface area contributed by atoms with Gasteiger partial charge in [-0.05, 0) is 39.9 Å². The number of benzene rings is 3. The summed E-state index contributed by atoms with van der Waals surface area (Å²) in [7, 11) is 5.34. The van der Waals surface area contributed by atoms with E-state index in [0.29, 0.717) is 5.69 Å². The summed E-state index contributed by atoms with van der Waals surface area (Å²) in [5, 5.41) is 14.5. The Labute approximate surface area is 181 Å². The van der Waals surface area contributed by atoms with Gasteiger partial charge >= 0.3 is 12.1 Å². The molecule has 0 aromatic heterocycles. The van der Waals surface area contributed by atoms with Gasteiger partial charge in [0.25, 0.3) is 0 Å². The number of ether oxygens (including phenoxy) is 1. The highest BCUT2D eigenvalue weighted by Crippen LogP contribution is 2.44. The van der Waals surface area contributed by atoms with Gasteiger partial charge in [0.05, 0.1) is 0 Å². The molecule has 3 N–H and O–H groups in total. The van der Waals surface area contributed by atoms with Crippen molar-refractivity contribution in [3.05, 3.63) is 89.5 Å². The first-order valence-corrected chi connectivity index (χ1v) is 9.96. The molecule has 3 aromatic rings. The molecular weight excluding hydrogens is 391 g/mol. The Morgan fingerprint density at radius 3 is 2.06 bits per heavy atom. The normalized spacial score (nSPS) is 13.0. The molecule has 4 rings (SSSR count). The van der Waals surface area contributed by atoms with E-state index in [9.17, 15) is 14.7 Å². The van der Waals surface area contributed by atoms with E-state index >= 15 is 0 Å². The Hall–Kier alpha value is -3.74. The summed E-state index contributed by atoms with van der Waals surface area (Å²) in [6, 6.07) is 21.9. The summed E-state index contributed by atoms with van der Waals surface area (Å²) < 4.78 is 5.45. The number of anilines is 1. The summed E-state index contributed by atoms with van der Waals surface area (Å²) in [6.07, 6.45) is -0.626. The fraction of sp³-hybridized carbons (Fsp3) is 0.167. The van der Waals surface area contributed by atoms with Crippen LogP contribution in [0, 0.1) is 0 Å². The first kappa shape index (κ1) is 20.5. The van der Waals surface area contributed by atoms with Crippen LogP contribution >= 0.6 is 0 Å². The van der Waals surface area contributed by atoms with Gasteiger partial charge in [-0.1, -0.05) is 60.7 Å². The number of fused-ring (bicyclic) bond motifs is 3. The second-order valence-corrected chi connectivity index (χ2v) is 7.41. The molecule has 3 aromatic carbocycles. The third kappa shape index (κ3) is 4.40. The van der Waals surface area contributed by atoms with Crippen LogP contribution in [0.25, 0.3) is 11.1 Å². The minimum Gasteiger partial charge on any atom is -0.480 e. The topological polar surface area (TPSA) is 87.7 Å². The standard InChI is InChI=1S/C24H21BN2O4/c25-27-16-11-9-15(10-12-16)13-22(23(28)29)26-24(30)31-14-21-19-7-3-1-5-17(19)18-6-2-4-8-20(18)21/h1-12,21-22,27H,13-14H2,(H,26,30)(H,28,29)/t22-/m1/s1. The zero-order chi connectivity index (χ0) is 21.8. The molecule has 2 radical (unpaired) electrons. The zero-order valence-corrected chi connectivity index (χ0v) is 16.7. The highest BCUT2D eigenvalue weighted by Gasteiger charge is 2.29. The minimum atomic E-state index is -1.13. The lowest BCUT2D eigenvalue weighted by Crippen LogP contribution is -2.42. The maximum atomic E-state index is 12.4. The smallest absolute Gasteiger partial charge is 0.407 e. The Balaban J connectivity index is 1.41. The van der Waals surface area contributed by atoms with Crippen LogP contribution in [0.4, 0.5) is 10.5 Å². The monoisotopic (exact) mass is 412 g/mol. The van der Waals surface area contributed by atoms with E-state index in [4.69, 9.17) is 12.7 Å². The molecule has 154 valence electrons. The molecule has 0 saturated heterocycles. The Morgan fingerprint density at radius 1 is 0.935 bits per heavy atom. The molecule has 6 nitrogen and oxygen atoms in total. The molecule has 31 heavy (non-hydrogen) atoms. The van der Waals surface area contributed by atoms with Gasteiger partial charge in [0.2, 0.25) is 7.98 Å². The van der Waals surface area contributed by atoms with Gasteiger partial charge in [0.15, 0.2) is 0 Å².